The number of hydrogen-bond donors (Lipinski definition) is 3. The highest BCUT2D eigenvalue weighted by molar-refractivity contribution is 6.30. The highest BCUT2D eigenvalue weighted by Gasteiger charge is 2.21. The fraction of sp³-hybridized carbons (Fsp3) is 0.562. The van der Waals surface area contributed by atoms with E-state index in [2.05, 4.69) is 10.6 Å². The molecule has 0 aliphatic rings. The molecule has 2 amide bonds. The smallest absolute Gasteiger partial charge is 0.314 e. The number of benzene rings is 1. The average molecular weight is 329 g/mol. The summed E-state index contributed by atoms with van der Waals surface area (Å²) in [4.78, 5) is 11.8. The summed E-state index contributed by atoms with van der Waals surface area (Å²) < 4.78 is 4.82. The molecule has 0 radical (unpaired) electrons. The number of aliphatic hydroxyl groups excluding tert-OH is 1. The Morgan fingerprint density at radius 3 is 2.77 bits per heavy atom. The first kappa shape index (κ1) is 18.7. The molecule has 124 valence electrons. The standard InChI is InChI=1S/C16H25ClN2O3/c1-16(2,12-5-4-6-13(17)9-12)11-19-15(21)18-8-7-14(20)10-22-3/h4-6,9,14,20H,7-8,10-11H2,1-3H3,(H2,18,19,21). The molecule has 0 spiro atoms. The topological polar surface area (TPSA) is 70.6 Å². The SMILES string of the molecule is COCC(O)CCNC(=O)NCC(C)(C)c1cccc(Cl)c1. The zero-order valence-corrected chi connectivity index (χ0v) is 14.1. The predicted molar refractivity (Wildman–Crippen MR) is 88.4 cm³/mol. The molecule has 1 unspecified atom stereocenters. The first-order valence-electron chi connectivity index (χ1n) is 7.30. The second-order valence-electron chi connectivity index (χ2n) is 5.90. The molecule has 1 atom stereocenters. The molecule has 6 heteroatoms. The minimum atomic E-state index is -0.562. The van der Waals surface area contributed by atoms with E-state index in [0.717, 1.165) is 5.56 Å². The van der Waals surface area contributed by atoms with Gasteiger partial charge in [0.25, 0.3) is 0 Å². The number of methoxy groups -OCH3 is 1. The second-order valence-corrected chi connectivity index (χ2v) is 6.34. The Morgan fingerprint density at radius 1 is 1.41 bits per heavy atom. The third-order valence-corrected chi connectivity index (χ3v) is 3.65. The van der Waals surface area contributed by atoms with Gasteiger partial charge in [-0.2, -0.15) is 0 Å². The minimum Gasteiger partial charge on any atom is -0.391 e. The summed E-state index contributed by atoms with van der Waals surface area (Å²) in [7, 11) is 1.53. The Balaban J connectivity index is 2.36. The lowest BCUT2D eigenvalue weighted by atomic mass is 9.85. The lowest BCUT2D eigenvalue weighted by molar-refractivity contribution is 0.0598. The Labute approximate surface area is 137 Å². The highest BCUT2D eigenvalue weighted by atomic mass is 35.5. The van der Waals surface area contributed by atoms with Crippen molar-refractivity contribution in [2.75, 3.05) is 26.8 Å². The number of urea groups is 1. The van der Waals surface area contributed by atoms with Crippen molar-refractivity contribution < 1.29 is 14.6 Å². The van der Waals surface area contributed by atoms with Crippen LogP contribution in [-0.4, -0.2) is 44.0 Å². The number of carbonyl (C=O) groups excluding carboxylic acids is 1. The van der Waals surface area contributed by atoms with Crippen LogP contribution in [0.2, 0.25) is 5.02 Å². The van der Waals surface area contributed by atoms with Gasteiger partial charge in [-0.05, 0) is 24.1 Å². The lowest BCUT2D eigenvalue weighted by Crippen LogP contribution is -2.43. The summed E-state index contributed by atoms with van der Waals surface area (Å²) in [5.74, 6) is 0. The molecule has 1 rings (SSSR count). The first-order chi connectivity index (χ1) is 10.3. The second kappa shape index (κ2) is 8.98. The molecular formula is C16H25ClN2O3. The van der Waals surface area contributed by atoms with Crippen LogP contribution in [0.25, 0.3) is 0 Å². The maximum absolute atomic E-state index is 11.8. The van der Waals surface area contributed by atoms with Crippen molar-refractivity contribution in [3.63, 3.8) is 0 Å². The first-order valence-corrected chi connectivity index (χ1v) is 7.67. The molecule has 3 N–H and O–H groups in total. The molecular weight excluding hydrogens is 304 g/mol. The van der Waals surface area contributed by atoms with E-state index in [1.165, 1.54) is 7.11 Å². The van der Waals surface area contributed by atoms with Gasteiger partial charge >= 0.3 is 6.03 Å². The fourth-order valence-electron chi connectivity index (χ4n) is 2.00. The number of nitrogens with one attached hydrogen (secondary N) is 2. The summed E-state index contributed by atoms with van der Waals surface area (Å²) in [6.45, 7) is 5.24. The summed E-state index contributed by atoms with van der Waals surface area (Å²) >= 11 is 6.00. The van der Waals surface area contributed by atoms with E-state index in [4.69, 9.17) is 16.3 Å². The van der Waals surface area contributed by atoms with E-state index in [1.807, 2.05) is 38.1 Å². The number of rotatable bonds is 8. The van der Waals surface area contributed by atoms with Crippen molar-refractivity contribution in [1.82, 2.24) is 10.6 Å². The number of aliphatic hydroxyl groups is 1. The molecule has 0 aliphatic heterocycles. The largest absolute Gasteiger partial charge is 0.391 e. The molecule has 0 fully saturated rings. The van der Waals surface area contributed by atoms with Crippen LogP contribution in [0.5, 0.6) is 0 Å². The van der Waals surface area contributed by atoms with Gasteiger partial charge in [-0.25, -0.2) is 4.79 Å². The third kappa shape index (κ3) is 6.64. The van der Waals surface area contributed by atoms with E-state index in [0.29, 0.717) is 24.5 Å². The average Bonchev–Trinajstić information content (AvgIpc) is 2.45. The number of ether oxygens (including phenoxy) is 1. The molecule has 0 bridgehead atoms. The van der Waals surface area contributed by atoms with E-state index in [9.17, 15) is 9.90 Å². The van der Waals surface area contributed by atoms with Gasteiger partial charge in [0, 0.05) is 30.6 Å². The van der Waals surface area contributed by atoms with Crippen molar-refractivity contribution in [3.8, 4) is 0 Å². The molecule has 0 saturated heterocycles. The molecule has 22 heavy (non-hydrogen) atoms. The van der Waals surface area contributed by atoms with Crippen LogP contribution in [-0.2, 0) is 10.2 Å². The van der Waals surface area contributed by atoms with E-state index < -0.39 is 6.10 Å². The third-order valence-electron chi connectivity index (χ3n) is 3.42. The minimum absolute atomic E-state index is 0.224. The van der Waals surface area contributed by atoms with Crippen molar-refractivity contribution in [1.29, 1.82) is 0 Å². The Kier molecular flexibility index (Phi) is 7.65. The highest BCUT2D eigenvalue weighted by Crippen LogP contribution is 2.24. The van der Waals surface area contributed by atoms with Crippen molar-refractivity contribution >= 4 is 17.6 Å². The normalized spacial score (nSPS) is 12.8. The van der Waals surface area contributed by atoms with Gasteiger partial charge in [-0.15, -0.1) is 0 Å². The van der Waals surface area contributed by atoms with Crippen LogP contribution in [0.15, 0.2) is 24.3 Å². The lowest BCUT2D eigenvalue weighted by Gasteiger charge is -2.26. The number of carbonyl (C=O) groups is 1. The Morgan fingerprint density at radius 2 is 2.14 bits per heavy atom. The molecule has 1 aromatic carbocycles. The van der Waals surface area contributed by atoms with Gasteiger partial charge in [0.15, 0.2) is 0 Å². The van der Waals surface area contributed by atoms with Gasteiger partial charge in [0.2, 0.25) is 0 Å². The van der Waals surface area contributed by atoms with Crippen LogP contribution in [0.3, 0.4) is 0 Å². The van der Waals surface area contributed by atoms with Gasteiger partial charge in [-0.3, -0.25) is 0 Å². The van der Waals surface area contributed by atoms with Crippen LogP contribution in [0.1, 0.15) is 25.8 Å². The number of halogens is 1. The van der Waals surface area contributed by atoms with Gasteiger partial charge in [-0.1, -0.05) is 37.6 Å². The van der Waals surface area contributed by atoms with Crippen LogP contribution < -0.4 is 10.6 Å². The molecule has 1 aromatic rings. The van der Waals surface area contributed by atoms with E-state index in [1.54, 1.807) is 0 Å². The van der Waals surface area contributed by atoms with E-state index >= 15 is 0 Å². The Hall–Kier alpha value is -1.30. The van der Waals surface area contributed by atoms with Crippen molar-refractivity contribution in [3.05, 3.63) is 34.9 Å². The fourth-order valence-corrected chi connectivity index (χ4v) is 2.19. The van der Waals surface area contributed by atoms with Gasteiger partial charge < -0.3 is 20.5 Å². The predicted octanol–water partition coefficient (Wildman–Crippen LogP) is 2.31. The van der Waals surface area contributed by atoms with Crippen LogP contribution in [0, 0.1) is 0 Å². The van der Waals surface area contributed by atoms with Crippen LogP contribution in [0.4, 0.5) is 4.79 Å². The van der Waals surface area contributed by atoms with Gasteiger partial charge in [0.05, 0.1) is 12.7 Å². The van der Waals surface area contributed by atoms with Crippen molar-refractivity contribution in [2.45, 2.75) is 31.8 Å². The zero-order valence-electron chi connectivity index (χ0n) is 13.4. The quantitative estimate of drug-likeness (QED) is 0.686. The number of hydrogen-bond acceptors (Lipinski definition) is 3. The summed E-state index contributed by atoms with van der Waals surface area (Å²) in [6.07, 6.45) is -0.105. The molecule has 0 aromatic heterocycles. The molecule has 5 nitrogen and oxygen atoms in total. The molecule has 0 aliphatic carbocycles. The summed E-state index contributed by atoms with van der Waals surface area (Å²) in [6, 6.07) is 7.37. The van der Waals surface area contributed by atoms with Crippen LogP contribution >= 0.6 is 11.6 Å². The van der Waals surface area contributed by atoms with Gasteiger partial charge in [0.1, 0.15) is 0 Å². The Bertz CT molecular complexity index is 480. The maximum atomic E-state index is 11.8. The summed E-state index contributed by atoms with van der Waals surface area (Å²) in [5.41, 5.74) is 0.841. The molecule has 0 heterocycles. The van der Waals surface area contributed by atoms with E-state index in [-0.39, 0.29) is 18.1 Å². The van der Waals surface area contributed by atoms with Crippen molar-refractivity contribution in [2.24, 2.45) is 0 Å². The molecule has 0 saturated carbocycles. The zero-order chi connectivity index (χ0) is 16.6. The maximum Gasteiger partial charge on any atom is 0.314 e. The monoisotopic (exact) mass is 328 g/mol. The summed E-state index contributed by atoms with van der Waals surface area (Å²) in [5, 5.41) is 15.7. The number of amides is 2.